The Bertz CT molecular complexity index is 1230. The van der Waals surface area contributed by atoms with Crippen LogP contribution in [0.2, 0.25) is 0 Å². The van der Waals surface area contributed by atoms with Crippen LogP contribution in [-0.4, -0.2) is 24.4 Å². The fourth-order valence-corrected chi connectivity index (χ4v) is 3.64. The summed E-state index contributed by atoms with van der Waals surface area (Å²) in [5.41, 5.74) is 1.88. The zero-order valence-electron chi connectivity index (χ0n) is 15.6. The summed E-state index contributed by atoms with van der Waals surface area (Å²) in [4.78, 5) is 30.2. The normalized spacial score (nSPS) is 13.5. The van der Waals surface area contributed by atoms with Crippen LogP contribution in [0.1, 0.15) is 12.5 Å². The van der Waals surface area contributed by atoms with Gasteiger partial charge in [0.05, 0.1) is 18.8 Å². The average molecular weight is 443 g/mol. The number of allylic oxidation sites excluding steroid dienone is 1. The summed E-state index contributed by atoms with van der Waals surface area (Å²) in [6, 6.07) is 7.94. The first-order chi connectivity index (χ1) is 13.4. The Labute approximate surface area is 169 Å². The SMILES string of the molecule is C=CCn1c(=O)c2c(nc3n2CC(C)=NN3Cc2ccc(Br)cc2)n(C)c1=O. The van der Waals surface area contributed by atoms with Crippen LogP contribution in [0.25, 0.3) is 11.2 Å². The molecular weight excluding hydrogens is 424 g/mol. The molecule has 8 nitrogen and oxygen atoms in total. The summed E-state index contributed by atoms with van der Waals surface area (Å²) in [6.07, 6.45) is 1.54. The Hall–Kier alpha value is -2.94. The lowest BCUT2D eigenvalue weighted by Gasteiger charge is -2.25. The van der Waals surface area contributed by atoms with Crippen molar-refractivity contribution < 1.29 is 0 Å². The highest BCUT2D eigenvalue weighted by atomic mass is 79.9. The number of rotatable bonds is 4. The Morgan fingerprint density at radius 3 is 2.64 bits per heavy atom. The second kappa shape index (κ2) is 6.90. The van der Waals surface area contributed by atoms with Gasteiger partial charge in [0, 0.05) is 18.1 Å². The molecule has 144 valence electrons. The van der Waals surface area contributed by atoms with Crippen molar-refractivity contribution in [3.8, 4) is 0 Å². The van der Waals surface area contributed by atoms with Crippen molar-refractivity contribution >= 4 is 38.8 Å². The molecule has 4 rings (SSSR count). The minimum absolute atomic E-state index is 0.150. The summed E-state index contributed by atoms with van der Waals surface area (Å²) in [5, 5.41) is 6.39. The molecule has 0 saturated heterocycles. The van der Waals surface area contributed by atoms with E-state index in [0.717, 1.165) is 15.7 Å². The van der Waals surface area contributed by atoms with Crippen molar-refractivity contribution in [1.29, 1.82) is 0 Å². The molecule has 0 N–H and O–H groups in total. The molecule has 0 amide bonds. The Kier molecular flexibility index (Phi) is 4.54. The molecule has 0 radical (unpaired) electrons. The average Bonchev–Trinajstić information content (AvgIpc) is 3.05. The van der Waals surface area contributed by atoms with Gasteiger partial charge in [0.25, 0.3) is 5.56 Å². The molecule has 0 atom stereocenters. The minimum atomic E-state index is -0.412. The van der Waals surface area contributed by atoms with Crippen molar-refractivity contribution in [3.05, 3.63) is 67.8 Å². The van der Waals surface area contributed by atoms with Gasteiger partial charge in [-0.2, -0.15) is 10.1 Å². The van der Waals surface area contributed by atoms with Crippen molar-refractivity contribution in [3.63, 3.8) is 0 Å². The molecule has 0 fully saturated rings. The number of anilines is 1. The third-order valence-corrected chi connectivity index (χ3v) is 5.21. The maximum Gasteiger partial charge on any atom is 0.332 e. The van der Waals surface area contributed by atoms with E-state index in [2.05, 4.69) is 32.6 Å². The summed E-state index contributed by atoms with van der Waals surface area (Å²) >= 11 is 3.44. The molecule has 0 aliphatic carbocycles. The summed E-state index contributed by atoms with van der Waals surface area (Å²) < 4.78 is 5.40. The van der Waals surface area contributed by atoms with Crippen molar-refractivity contribution in [2.45, 2.75) is 26.6 Å². The van der Waals surface area contributed by atoms with Crippen LogP contribution >= 0.6 is 15.9 Å². The second-order valence-corrected chi connectivity index (χ2v) is 7.65. The summed E-state index contributed by atoms with van der Waals surface area (Å²) in [5.74, 6) is 0.548. The van der Waals surface area contributed by atoms with Gasteiger partial charge in [0.1, 0.15) is 0 Å². The number of halogens is 1. The Balaban J connectivity index is 1.91. The van der Waals surface area contributed by atoms with E-state index < -0.39 is 5.69 Å². The number of fused-ring (bicyclic) bond motifs is 3. The highest BCUT2D eigenvalue weighted by Gasteiger charge is 2.26. The van der Waals surface area contributed by atoms with Crippen LogP contribution in [0.4, 0.5) is 5.95 Å². The van der Waals surface area contributed by atoms with Gasteiger partial charge >= 0.3 is 5.69 Å². The van der Waals surface area contributed by atoms with Gasteiger partial charge in [-0.15, -0.1) is 6.58 Å². The molecule has 0 saturated carbocycles. The first-order valence-electron chi connectivity index (χ1n) is 8.77. The molecule has 1 aliphatic rings. The number of nitrogens with zero attached hydrogens (tertiary/aromatic N) is 6. The van der Waals surface area contributed by atoms with E-state index in [1.807, 2.05) is 35.8 Å². The molecule has 2 aromatic heterocycles. The van der Waals surface area contributed by atoms with E-state index in [-0.39, 0.29) is 12.1 Å². The lowest BCUT2D eigenvalue weighted by Crippen LogP contribution is -2.39. The van der Waals surface area contributed by atoms with E-state index in [1.54, 1.807) is 12.1 Å². The largest absolute Gasteiger partial charge is 0.332 e. The lowest BCUT2D eigenvalue weighted by molar-refractivity contribution is 0.663. The van der Waals surface area contributed by atoms with E-state index in [9.17, 15) is 9.59 Å². The molecule has 3 aromatic rings. The molecule has 1 aromatic carbocycles. The van der Waals surface area contributed by atoms with Crippen LogP contribution in [0.15, 0.2) is 56.1 Å². The lowest BCUT2D eigenvalue weighted by atomic mass is 10.2. The minimum Gasteiger partial charge on any atom is -0.297 e. The van der Waals surface area contributed by atoms with Gasteiger partial charge < -0.3 is 0 Å². The number of imidazole rings is 1. The van der Waals surface area contributed by atoms with Gasteiger partial charge in [-0.3, -0.25) is 18.5 Å². The fraction of sp³-hybridized carbons (Fsp3) is 0.263. The van der Waals surface area contributed by atoms with Crippen molar-refractivity contribution in [1.82, 2.24) is 18.7 Å². The third-order valence-electron chi connectivity index (χ3n) is 4.68. The Morgan fingerprint density at radius 2 is 1.96 bits per heavy atom. The monoisotopic (exact) mass is 442 g/mol. The zero-order valence-corrected chi connectivity index (χ0v) is 17.2. The van der Waals surface area contributed by atoms with Crippen LogP contribution in [0.3, 0.4) is 0 Å². The van der Waals surface area contributed by atoms with E-state index in [1.165, 1.54) is 15.2 Å². The van der Waals surface area contributed by atoms with Gasteiger partial charge in [0.15, 0.2) is 11.2 Å². The molecular formula is C19H19BrN6O2. The predicted octanol–water partition coefficient (Wildman–Crippen LogP) is 2.24. The molecule has 1 aliphatic heterocycles. The van der Waals surface area contributed by atoms with E-state index in [0.29, 0.717) is 30.2 Å². The van der Waals surface area contributed by atoms with Crippen molar-refractivity contribution in [2.24, 2.45) is 12.1 Å². The van der Waals surface area contributed by atoms with Gasteiger partial charge in [-0.05, 0) is 24.6 Å². The predicted molar refractivity (Wildman–Crippen MR) is 113 cm³/mol. The molecule has 3 heterocycles. The summed E-state index contributed by atoms with van der Waals surface area (Å²) in [6.45, 7) is 6.65. The standard InChI is InChI=1S/C19H19BrN6O2/c1-4-9-24-17(27)15-16(23(3)19(24)28)21-18-25(15)10-12(2)22-26(18)11-13-5-7-14(20)8-6-13/h4-8H,1,9-11H2,2-3H3. The second-order valence-electron chi connectivity index (χ2n) is 6.74. The van der Waals surface area contributed by atoms with Gasteiger partial charge in [-0.1, -0.05) is 34.1 Å². The highest BCUT2D eigenvalue weighted by Crippen LogP contribution is 2.25. The maximum atomic E-state index is 13.0. The number of hydrogen-bond acceptors (Lipinski definition) is 5. The zero-order chi connectivity index (χ0) is 20.0. The van der Waals surface area contributed by atoms with E-state index >= 15 is 0 Å². The van der Waals surface area contributed by atoms with Crippen LogP contribution in [0, 0.1) is 0 Å². The molecule has 28 heavy (non-hydrogen) atoms. The van der Waals surface area contributed by atoms with Crippen molar-refractivity contribution in [2.75, 3.05) is 5.01 Å². The first kappa shape index (κ1) is 18.4. The number of benzene rings is 1. The third kappa shape index (κ3) is 2.91. The molecule has 0 bridgehead atoms. The fourth-order valence-electron chi connectivity index (χ4n) is 3.38. The van der Waals surface area contributed by atoms with Gasteiger partial charge in [0.2, 0.25) is 5.95 Å². The molecule has 0 spiro atoms. The van der Waals surface area contributed by atoms with Gasteiger partial charge in [-0.25, -0.2) is 9.80 Å². The number of aromatic nitrogens is 4. The van der Waals surface area contributed by atoms with Crippen LogP contribution in [-0.2, 0) is 26.7 Å². The quantitative estimate of drug-likeness (QED) is 0.580. The number of aryl methyl sites for hydroxylation is 1. The topological polar surface area (TPSA) is 77.4 Å². The summed E-state index contributed by atoms with van der Waals surface area (Å²) in [7, 11) is 1.62. The maximum absolute atomic E-state index is 13.0. The smallest absolute Gasteiger partial charge is 0.297 e. The Morgan fingerprint density at radius 1 is 1.25 bits per heavy atom. The molecule has 9 heteroatoms. The van der Waals surface area contributed by atoms with Crippen LogP contribution < -0.4 is 16.3 Å². The number of hydrazone groups is 1. The first-order valence-corrected chi connectivity index (χ1v) is 9.57. The number of hydrogen-bond donors (Lipinski definition) is 0. The van der Waals surface area contributed by atoms with Crippen LogP contribution in [0.5, 0.6) is 0 Å². The highest BCUT2D eigenvalue weighted by molar-refractivity contribution is 9.10. The molecule has 0 unspecified atom stereocenters. The van der Waals surface area contributed by atoms with E-state index in [4.69, 9.17) is 0 Å².